The van der Waals surface area contributed by atoms with Gasteiger partial charge in [0.15, 0.2) is 0 Å². The molecule has 112 valence electrons. The van der Waals surface area contributed by atoms with E-state index < -0.39 is 0 Å². The third-order valence-electron chi connectivity index (χ3n) is 4.21. The van der Waals surface area contributed by atoms with Crippen molar-refractivity contribution in [3.63, 3.8) is 0 Å². The number of aromatic nitrogens is 1. The molecule has 0 spiro atoms. The Bertz CT molecular complexity index is 599. The minimum absolute atomic E-state index is 0.293. The molecule has 1 aliphatic rings. The summed E-state index contributed by atoms with van der Waals surface area (Å²) < 4.78 is 0. The first kappa shape index (κ1) is 14.1. The van der Waals surface area contributed by atoms with Crippen LogP contribution in [0.3, 0.4) is 0 Å². The fourth-order valence-corrected chi connectivity index (χ4v) is 3.00. The third-order valence-corrected chi connectivity index (χ3v) is 4.21. The minimum atomic E-state index is 0.293. The smallest absolute Gasteiger partial charge is 0.223 e. The second-order valence-electron chi connectivity index (χ2n) is 5.73. The highest BCUT2D eigenvalue weighted by Crippen LogP contribution is 2.17. The fourth-order valence-electron chi connectivity index (χ4n) is 3.00. The van der Waals surface area contributed by atoms with Crippen molar-refractivity contribution in [2.75, 3.05) is 19.6 Å². The predicted octanol–water partition coefficient (Wildman–Crippen LogP) is 2.66. The zero-order valence-corrected chi connectivity index (χ0v) is 12.4. The van der Waals surface area contributed by atoms with Crippen LogP contribution in [0.15, 0.2) is 30.5 Å². The largest absolute Gasteiger partial charge is 0.361 e. The maximum atomic E-state index is 12.1. The highest BCUT2D eigenvalue weighted by atomic mass is 16.2. The van der Waals surface area contributed by atoms with Gasteiger partial charge in [-0.1, -0.05) is 18.2 Å². The molecular formula is C17H23N3O. The van der Waals surface area contributed by atoms with Crippen molar-refractivity contribution in [1.82, 2.24) is 15.2 Å². The number of aromatic amines is 1. The minimum Gasteiger partial charge on any atom is -0.361 e. The van der Waals surface area contributed by atoms with Crippen molar-refractivity contribution in [3.8, 4) is 0 Å². The van der Waals surface area contributed by atoms with Gasteiger partial charge in [-0.15, -0.1) is 0 Å². The molecule has 3 rings (SSSR count). The van der Waals surface area contributed by atoms with Gasteiger partial charge in [0.2, 0.25) is 5.91 Å². The molecule has 21 heavy (non-hydrogen) atoms. The Balaban J connectivity index is 1.44. The predicted molar refractivity (Wildman–Crippen MR) is 85.1 cm³/mol. The van der Waals surface area contributed by atoms with Crippen LogP contribution in [-0.2, 0) is 11.3 Å². The number of H-pyrrole nitrogens is 1. The number of nitrogens with one attached hydrogen (secondary N) is 2. The van der Waals surface area contributed by atoms with E-state index in [1.165, 1.54) is 22.9 Å². The maximum absolute atomic E-state index is 12.1. The first-order chi connectivity index (χ1) is 10.3. The zero-order valence-electron chi connectivity index (χ0n) is 12.4. The molecule has 1 saturated heterocycles. The summed E-state index contributed by atoms with van der Waals surface area (Å²) in [5, 5.41) is 4.64. The number of para-hydroxylation sites is 1. The van der Waals surface area contributed by atoms with E-state index in [4.69, 9.17) is 0 Å². The van der Waals surface area contributed by atoms with E-state index in [2.05, 4.69) is 28.5 Å². The van der Waals surface area contributed by atoms with E-state index in [0.29, 0.717) is 12.3 Å². The number of piperidine rings is 1. The number of carbonyl (C=O) groups is 1. The normalized spacial score (nSPS) is 15.5. The Morgan fingerprint density at radius 2 is 2.00 bits per heavy atom. The summed E-state index contributed by atoms with van der Waals surface area (Å²) >= 11 is 0. The van der Waals surface area contributed by atoms with Crippen LogP contribution < -0.4 is 5.32 Å². The van der Waals surface area contributed by atoms with Gasteiger partial charge in [-0.25, -0.2) is 0 Å². The third kappa shape index (κ3) is 3.45. The molecule has 0 bridgehead atoms. The van der Waals surface area contributed by atoms with Crippen LogP contribution >= 0.6 is 0 Å². The van der Waals surface area contributed by atoms with Crippen molar-refractivity contribution in [3.05, 3.63) is 36.0 Å². The van der Waals surface area contributed by atoms with Crippen molar-refractivity contribution in [2.24, 2.45) is 0 Å². The quantitative estimate of drug-likeness (QED) is 0.830. The molecule has 2 heterocycles. The number of amides is 1. The van der Waals surface area contributed by atoms with Crippen molar-refractivity contribution in [2.45, 2.75) is 32.2 Å². The topological polar surface area (TPSA) is 48.1 Å². The molecule has 1 aliphatic heterocycles. The van der Waals surface area contributed by atoms with Crippen molar-refractivity contribution >= 4 is 16.8 Å². The van der Waals surface area contributed by atoms with Crippen LogP contribution in [0, 0.1) is 0 Å². The lowest BCUT2D eigenvalue weighted by molar-refractivity contribution is -0.131. The molecule has 0 unspecified atom stereocenters. The second kappa shape index (κ2) is 6.76. The van der Waals surface area contributed by atoms with Gasteiger partial charge >= 0.3 is 0 Å². The molecule has 1 amide bonds. The summed E-state index contributed by atoms with van der Waals surface area (Å²) in [4.78, 5) is 17.3. The van der Waals surface area contributed by atoms with E-state index >= 15 is 0 Å². The Morgan fingerprint density at radius 3 is 2.86 bits per heavy atom. The molecule has 0 saturated carbocycles. The lowest BCUT2D eigenvalue weighted by Crippen LogP contribution is -2.37. The van der Waals surface area contributed by atoms with E-state index in [-0.39, 0.29) is 0 Å². The number of nitrogens with zero attached hydrogens (tertiary/aromatic N) is 1. The number of carbonyl (C=O) groups excluding carboxylic acids is 1. The lowest BCUT2D eigenvalue weighted by atomic mass is 10.1. The van der Waals surface area contributed by atoms with Crippen molar-refractivity contribution in [1.29, 1.82) is 0 Å². The van der Waals surface area contributed by atoms with E-state index in [1.54, 1.807) is 0 Å². The Hall–Kier alpha value is -1.81. The van der Waals surface area contributed by atoms with Crippen LogP contribution in [0.1, 0.15) is 31.2 Å². The molecule has 0 aliphatic carbocycles. The summed E-state index contributed by atoms with van der Waals surface area (Å²) in [7, 11) is 0. The molecule has 2 aromatic rings. The number of benzene rings is 1. The molecule has 0 atom stereocenters. The summed E-state index contributed by atoms with van der Waals surface area (Å²) in [6.07, 6.45) is 6.23. The zero-order chi connectivity index (χ0) is 14.5. The van der Waals surface area contributed by atoms with Gasteiger partial charge in [0, 0.05) is 49.7 Å². The second-order valence-corrected chi connectivity index (χ2v) is 5.73. The molecule has 2 N–H and O–H groups in total. The molecule has 1 aromatic carbocycles. The average Bonchev–Trinajstić information content (AvgIpc) is 2.95. The molecule has 4 heteroatoms. The van der Waals surface area contributed by atoms with Gasteiger partial charge < -0.3 is 15.2 Å². The Labute approximate surface area is 125 Å². The SMILES string of the molecule is O=C(CCNCc1c[nH]c2ccccc12)N1CCCCC1. The first-order valence-electron chi connectivity index (χ1n) is 7.88. The number of hydrogen-bond donors (Lipinski definition) is 2. The summed E-state index contributed by atoms with van der Waals surface area (Å²) in [5.74, 6) is 0.293. The van der Waals surface area contributed by atoms with E-state index in [0.717, 1.165) is 39.0 Å². The summed E-state index contributed by atoms with van der Waals surface area (Å²) in [5.41, 5.74) is 2.43. The number of rotatable bonds is 5. The molecule has 0 radical (unpaired) electrons. The monoisotopic (exact) mass is 285 g/mol. The van der Waals surface area contributed by atoms with E-state index in [1.807, 2.05) is 17.2 Å². The van der Waals surface area contributed by atoms with E-state index in [9.17, 15) is 4.79 Å². The number of hydrogen-bond acceptors (Lipinski definition) is 2. The Kier molecular flexibility index (Phi) is 4.55. The molecule has 4 nitrogen and oxygen atoms in total. The van der Waals surface area contributed by atoms with Crippen LogP contribution in [-0.4, -0.2) is 35.4 Å². The number of fused-ring (bicyclic) bond motifs is 1. The molecule has 1 fully saturated rings. The van der Waals surface area contributed by atoms with Gasteiger partial charge in [-0.2, -0.15) is 0 Å². The van der Waals surface area contributed by atoms with Crippen LogP contribution in [0.5, 0.6) is 0 Å². The summed E-state index contributed by atoms with van der Waals surface area (Å²) in [6.45, 7) is 3.44. The van der Waals surface area contributed by atoms with Crippen LogP contribution in [0.25, 0.3) is 10.9 Å². The van der Waals surface area contributed by atoms with Gasteiger partial charge in [-0.05, 0) is 30.9 Å². The van der Waals surface area contributed by atoms with Crippen LogP contribution in [0.4, 0.5) is 0 Å². The van der Waals surface area contributed by atoms with Gasteiger partial charge in [0.05, 0.1) is 0 Å². The van der Waals surface area contributed by atoms with Crippen molar-refractivity contribution < 1.29 is 4.79 Å². The first-order valence-corrected chi connectivity index (χ1v) is 7.88. The fraction of sp³-hybridized carbons (Fsp3) is 0.471. The summed E-state index contributed by atoms with van der Waals surface area (Å²) in [6, 6.07) is 8.30. The highest BCUT2D eigenvalue weighted by molar-refractivity contribution is 5.83. The van der Waals surface area contributed by atoms with Gasteiger partial charge in [-0.3, -0.25) is 4.79 Å². The number of likely N-dealkylation sites (tertiary alicyclic amines) is 1. The lowest BCUT2D eigenvalue weighted by Gasteiger charge is -2.26. The molecular weight excluding hydrogens is 262 g/mol. The standard InChI is InChI=1S/C17H23N3O/c21-17(20-10-4-1-5-11-20)8-9-18-12-14-13-19-16-7-3-2-6-15(14)16/h2-3,6-7,13,18-19H,1,4-5,8-12H2. The Morgan fingerprint density at radius 1 is 1.19 bits per heavy atom. The maximum Gasteiger partial charge on any atom is 0.223 e. The highest BCUT2D eigenvalue weighted by Gasteiger charge is 2.15. The average molecular weight is 285 g/mol. The van der Waals surface area contributed by atoms with Crippen LogP contribution in [0.2, 0.25) is 0 Å². The van der Waals surface area contributed by atoms with Gasteiger partial charge in [0.25, 0.3) is 0 Å². The van der Waals surface area contributed by atoms with Gasteiger partial charge in [0.1, 0.15) is 0 Å². The molecule has 1 aromatic heterocycles.